The molecule has 0 aliphatic heterocycles. The summed E-state index contributed by atoms with van der Waals surface area (Å²) in [5, 5.41) is 2.83. The number of carbonyl (C=O) groups excluding carboxylic acids is 3. The zero-order valence-electron chi connectivity index (χ0n) is 14.9. The average Bonchev–Trinajstić information content (AvgIpc) is 2.79. The van der Waals surface area contributed by atoms with Crippen molar-refractivity contribution < 1.29 is 20.5 Å². The first-order valence-corrected chi connectivity index (χ1v) is 8.14. The zero-order valence-corrected chi connectivity index (χ0v) is 14.9. The van der Waals surface area contributed by atoms with Crippen LogP contribution in [0, 0.1) is 5.41 Å². The summed E-state index contributed by atoms with van der Waals surface area (Å²) < 4.78 is 5.21. The second-order valence-electron chi connectivity index (χ2n) is 7.46. The topological polar surface area (TPSA) is 72.5 Å². The van der Waals surface area contributed by atoms with Gasteiger partial charge in [-0.2, -0.15) is 0 Å². The molecule has 2 rings (SSSR count). The quantitative estimate of drug-likeness (QED) is 0.898. The number of ether oxygens (including phenoxy) is 1. The van der Waals surface area contributed by atoms with Crippen molar-refractivity contribution in [2.45, 2.75) is 52.5 Å². The summed E-state index contributed by atoms with van der Waals surface area (Å²) in [7, 11) is 1.57. The van der Waals surface area contributed by atoms with Gasteiger partial charge in [0.05, 0.1) is 13.2 Å². The Bertz CT molecular complexity index is 678. The molecule has 24 heavy (non-hydrogen) atoms. The molecule has 1 N–H and O–H groups in total. The van der Waals surface area contributed by atoms with Gasteiger partial charge in [0.1, 0.15) is 5.75 Å². The zero-order chi connectivity index (χ0) is 18.1. The van der Waals surface area contributed by atoms with Gasteiger partial charge in [0, 0.05) is 25.7 Å². The van der Waals surface area contributed by atoms with Gasteiger partial charge in [0.15, 0.2) is 11.6 Å². The fraction of sp³-hybridized carbons (Fsp3) is 0.526. The molecule has 0 heterocycles. The Morgan fingerprint density at radius 1 is 1.38 bits per heavy atom. The Labute approximate surface area is 144 Å². The van der Waals surface area contributed by atoms with Crippen molar-refractivity contribution in [2.24, 2.45) is 5.41 Å². The highest BCUT2D eigenvalue weighted by Gasteiger charge is 2.34. The first-order chi connectivity index (χ1) is 11.1. The highest BCUT2D eigenvalue weighted by atomic mass is 16.5. The summed E-state index contributed by atoms with van der Waals surface area (Å²) in [5.41, 5.74) is 1.16. The molecule has 1 aliphatic carbocycles. The van der Waals surface area contributed by atoms with Crippen molar-refractivity contribution in [3.63, 3.8) is 0 Å². The van der Waals surface area contributed by atoms with Gasteiger partial charge in [-0.3, -0.25) is 14.4 Å². The molecule has 0 aromatic heterocycles. The van der Waals surface area contributed by atoms with Gasteiger partial charge in [0.25, 0.3) is 0 Å². The van der Waals surface area contributed by atoms with Gasteiger partial charge >= 0.3 is 0 Å². The van der Waals surface area contributed by atoms with Crippen LogP contribution in [0.2, 0.25) is 0 Å². The molecule has 0 saturated carbocycles. The number of amides is 1. The Balaban J connectivity index is 0.00000312. The van der Waals surface area contributed by atoms with E-state index in [1.165, 1.54) is 6.92 Å². The van der Waals surface area contributed by atoms with E-state index in [9.17, 15) is 14.4 Å². The Hall–Kier alpha value is -2.17. The molecule has 5 heteroatoms. The monoisotopic (exact) mass is 333 g/mol. The van der Waals surface area contributed by atoms with E-state index in [1.54, 1.807) is 19.2 Å². The summed E-state index contributed by atoms with van der Waals surface area (Å²) in [6.45, 7) is 7.23. The molecule has 132 valence electrons. The lowest BCUT2D eigenvalue weighted by Crippen LogP contribution is -2.48. The predicted octanol–water partition coefficient (Wildman–Crippen LogP) is 3.12. The molecule has 1 aliphatic rings. The number of nitrogens with one attached hydrogen (secondary N) is 1. The number of fused-ring (bicyclic) bond motifs is 1. The number of carbonyl (C=O) groups is 3. The van der Waals surface area contributed by atoms with Crippen molar-refractivity contribution >= 4 is 17.5 Å². The molecular weight excluding hydrogens is 306 g/mol. The highest BCUT2D eigenvalue weighted by Crippen LogP contribution is 2.37. The molecule has 0 fully saturated rings. The summed E-state index contributed by atoms with van der Waals surface area (Å²) in [4.78, 5) is 36.4. The highest BCUT2D eigenvalue weighted by molar-refractivity contribution is 6.02. The smallest absolute Gasteiger partial charge is 0.221 e. The first-order valence-electron chi connectivity index (χ1n) is 8.14. The maximum atomic E-state index is 12.4. The van der Waals surface area contributed by atoms with E-state index in [4.69, 9.17) is 4.74 Å². The Morgan fingerprint density at radius 3 is 2.58 bits per heavy atom. The summed E-state index contributed by atoms with van der Waals surface area (Å²) in [5.74, 6) is 0.267. The number of methoxy groups -OCH3 is 1. The normalized spacial score (nSPS) is 18.0. The number of Topliss-reactive ketones (excluding diaryl/α,β-unsaturated/α-hetero) is 2. The van der Waals surface area contributed by atoms with Crippen LogP contribution in [-0.2, 0) is 9.59 Å². The molecular formula is C19H27NO4. The van der Waals surface area contributed by atoms with Crippen LogP contribution in [-0.4, -0.2) is 30.6 Å². The van der Waals surface area contributed by atoms with E-state index < -0.39 is 6.04 Å². The van der Waals surface area contributed by atoms with Gasteiger partial charge in [-0.05, 0) is 36.1 Å². The number of hydrogen-bond acceptors (Lipinski definition) is 4. The van der Waals surface area contributed by atoms with Crippen molar-refractivity contribution in [1.29, 1.82) is 0 Å². The van der Waals surface area contributed by atoms with Crippen LogP contribution in [0.3, 0.4) is 0 Å². The first kappa shape index (κ1) is 18.2. The molecule has 0 radical (unpaired) electrons. The van der Waals surface area contributed by atoms with E-state index in [1.807, 2.05) is 26.8 Å². The Kier molecular flexibility index (Phi) is 5.11. The lowest BCUT2D eigenvalue weighted by Gasteiger charge is -2.29. The lowest BCUT2D eigenvalue weighted by molar-refractivity contribution is -0.129. The third kappa shape index (κ3) is 3.83. The van der Waals surface area contributed by atoms with Crippen LogP contribution in [0.5, 0.6) is 5.75 Å². The van der Waals surface area contributed by atoms with Crippen molar-refractivity contribution in [3.05, 3.63) is 29.3 Å². The third-order valence-electron chi connectivity index (χ3n) is 4.44. The maximum absolute atomic E-state index is 12.4. The van der Waals surface area contributed by atoms with Crippen LogP contribution in [0.4, 0.5) is 0 Å². The van der Waals surface area contributed by atoms with Crippen molar-refractivity contribution in [2.75, 3.05) is 7.11 Å². The van der Waals surface area contributed by atoms with Crippen molar-refractivity contribution in [3.8, 4) is 5.75 Å². The van der Waals surface area contributed by atoms with Crippen molar-refractivity contribution in [1.82, 2.24) is 5.32 Å². The van der Waals surface area contributed by atoms with Gasteiger partial charge in [-0.1, -0.05) is 20.8 Å². The molecule has 1 aromatic rings. The molecule has 1 amide bonds. The van der Waals surface area contributed by atoms with Gasteiger partial charge in [-0.25, -0.2) is 0 Å². The van der Waals surface area contributed by atoms with Gasteiger partial charge in [-0.15, -0.1) is 0 Å². The molecule has 0 saturated heterocycles. The minimum Gasteiger partial charge on any atom is -0.497 e. The van der Waals surface area contributed by atoms with Gasteiger partial charge in [0.2, 0.25) is 5.91 Å². The van der Waals surface area contributed by atoms with Crippen LogP contribution in [0.1, 0.15) is 63.8 Å². The van der Waals surface area contributed by atoms with Crippen LogP contribution >= 0.6 is 0 Å². The summed E-state index contributed by atoms with van der Waals surface area (Å²) >= 11 is 0. The van der Waals surface area contributed by atoms with Gasteiger partial charge < -0.3 is 10.1 Å². The molecule has 2 unspecified atom stereocenters. The van der Waals surface area contributed by atoms with E-state index in [0.717, 1.165) is 5.56 Å². The summed E-state index contributed by atoms with van der Waals surface area (Å²) in [6.07, 6.45) is 0.502. The predicted molar refractivity (Wildman–Crippen MR) is 93.5 cm³/mol. The SMILES string of the molecule is COc1ccc2c(c1)C(CC(=O)NC(C(C)=O)C(C)(C)C)CC2=O.[HH]. The number of benzene rings is 1. The van der Waals surface area contributed by atoms with Crippen LogP contribution < -0.4 is 10.1 Å². The molecule has 2 atom stereocenters. The fourth-order valence-electron chi connectivity index (χ4n) is 3.26. The number of ketones is 2. The van der Waals surface area contributed by atoms with E-state index in [0.29, 0.717) is 17.7 Å². The number of hydrogen-bond donors (Lipinski definition) is 1. The molecule has 1 aromatic carbocycles. The van der Waals surface area contributed by atoms with Crippen LogP contribution in [0.25, 0.3) is 0 Å². The third-order valence-corrected chi connectivity index (χ3v) is 4.44. The maximum Gasteiger partial charge on any atom is 0.221 e. The second kappa shape index (κ2) is 6.75. The summed E-state index contributed by atoms with van der Waals surface area (Å²) in [6, 6.07) is 4.79. The van der Waals surface area contributed by atoms with Crippen LogP contribution in [0.15, 0.2) is 18.2 Å². The molecule has 5 nitrogen and oxygen atoms in total. The standard InChI is InChI=1S/C19H25NO4.H2/c1-11(21)18(19(2,3)4)20-17(23)9-12-8-16(22)14-7-6-13(24-5)10-15(12)14;/h6-7,10,12,18H,8-9H2,1-5H3,(H,20,23);1H. The second-order valence-corrected chi connectivity index (χ2v) is 7.46. The van der Waals surface area contributed by atoms with E-state index in [-0.39, 0.29) is 36.7 Å². The lowest BCUT2D eigenvalue weighted by atomic mass is 9.84. The van der Waals surface area contributed by atoms with E-state index >= 15 is 0 Å². The minimum atomic E-state index is -0.535. The number of rotatable bonds is 5. The van der Waals surface area contributed by atoms with E-state index in [2.05, 4.69) is 5.32 Å². The molecule has 0 spiro atoms. The average molecular weight is 333 g/mol. The minimum absolute atomic E-state index is 0. The largest absolute Gasteiger partial charge is 0.497 e. The fourth-order valence-corrected chi connectivity index (χ4v) is 3.26. The molecule has 0 bridgehead atoms. The Morgan fingerprint density at radius 2 is 2.04 bits per heavy atom.